The normalized spacial score (nSPS) is 19.9. The first kappa shape index (κ1) is 17.2. The standard InChI is InChI=1S/C16H26N4OS/c1-12-6-5-7-20(10-12)11-16(2,3)19-14(21)13-8-17-15(22-4)18-9-13/h8-9,12H,5-7,10-11H2,1-4H3,(H,19,21)/t12-/m0/s1. The third-order valence-electron chi connectivity index (χ3n) is 3.88. The number of carbonyl (C=O) groups excluding carboxylic acids is 1. The van der Waals surface area contributed by atoms with Crippen LogP contribution in [0, 0.1) is 5.92 Å². The molecular weight excluding hydrogens is 296 g/mol. The number of thioether (sulfide) groups is 1. The maximum atomic E-state index is 12.3. The van der Waals surface area contributed by atoms with Gasteiger partial charge in [-0.15, -0.1) is 0 Å². The first-order chi connectivity index (χ1) is 10.4. The van der Waals surface area contributed by atoms with E-state index in [0.717, 1.165) is 25.6 Å². The molecule has 1 aromatic rings. The molecular formula is C16H26N4OS. The number of piperidine rings is 1. The second kappa shape index (κ2) is 7.42. The van der Waals surface area contributed by atoms with Gasteiger partial charge >= 0.3 is 0 Å². The molecule has 1 aliphatic heterocycles. The monoisotopic (exact) mass is 322 g/mol. The highest BCUT2D eigenvalue weighted by atomic mass is 32.2. The maximum Gasteiger partial charge on any atom is 0.254 e. The van der Waals surface area contributed by atoms with Gasteiger partial charge in [-0.25, -0.2) is 9.97 Å². The fourth-order valence-corrected chi connectivity index (χ4v) is 3.26. The molecule has 1 aromatic heterocycles. The average molecular weight is 322 g/mol. The summed E-state index contributed by atoms with van der Waals surface area (Å²) >= 11 is 1.47. The number of amides is 1. The van der Waals surface area contributed by atoms with Crippen molar-refractivity contribution in [3.05, 3.63) is 18.0 Å². The molecule has 1 aliphatic rings. The number of likely N-dealkylation sites (tertiary alicyclic amines) is 1. The van der Waals surface area contributed by atoms with Crippen molar-refractivity contribution in [2.45, 2.75) is 44.3 Å². The molecule has 122 valence electrons. The van der Waals surface area contributed by atoms with Crippen LogP contribution in [0.4, 0.5) is 0 Å². The molecule has 0 aromatic carbocycles. The molecule has 0 unspecified atom stereocenters. The maximum absolute atomic E-state index is 12.3. The molecule has 0 spiro atoms. The van der Waals surface area contributed by atoms with E-state index in [1.165, 1.54) is 24.6 Å². The van der Waals surface area contributed by atoms with Gasteiger partial charge in [-0.05, 0) is 45.4 Å². The molecule has 1 N–H and O–H groups in total. The van der Waals surface area contributed by atoms with Crippen LogP contribution in [0.1, 0.15) is 44.0 Å². The van der Waals surface area contributed by atoms with Gasteiger partial charge in [-0.2, -0.15) is 0 Å². The number of nitrogens with one attached hydrogen (secondary N) is 1. The highest BCUT2D eigenvalue weighted by Crippen LogP contribution is 2.18. The third kappa shape index (κ3) is 4.95. The van der Waals surface area contributed by atoms with Gasteiger partial charge in [0.05, 0.1) is 5.56 Å². The quantitative estimate of drug-likeness (QED) is 0.666. The lowest BCUT2D eigenvalue weighted by Gasteiger charge is -2.37. The van der Waals surface area contributed by atoms with E-state index < -0.39 is 0 Å². The molecule has 2 heterocycles. The largest absolute Gasteiger partial charge is 0.346 e. The van der Waals surface area contributed by atoms with Crippen molar-refractivity contribution in [1.82, 2.24) is 20.2 Å². The van der Waals surface area contributed by atoms with Gasteiger partial charge in [0.2, 0.25) is 0 Å². The Bertz CT molecular complexity index is 503. The van der Waals surface area contributed by atoms with Gasteiger partial charge in [0.25, 0.3) is 5.91 Å². The Kier molecular flexibility index (Phi) is 5.81. The lowest BCUT2D eigenvalue weighted by atomic mass is 9.97. The van der Waals surface area contributed by atoms with Crippen LogP contribution in [-0.4, -0.2) is 52.2 Å². The molecule has 0 aliphatic carbocycles. The molecule has 0 saturated carbocycles. The molecule has 1 atom stereocenters. The predicted octanol–water partition coefficient (Wildman–Crippen LogP) is 2.44. The third-order valence-corrected chi connectivity index (χ3v) is 4.46. The Morgan fingerprint density at radius 1 is 1.45 bits per heavy atom. The highest BCUT2D eigenvalue weighted by Gasteiger charge is 2.26. The lowest BCUT2D eigenvalue weighted by Crippen LogP contribution is -2.53. The predicted molar refractivity (Wildman–Crippen MR) is 90.2 cm³/mol. The number of hydrogen-bond acceptors (Lipinski definition) is 5. The summed E-state index contributed by atoms with van der Waals surface area (Å²) in [5.74, 6) is 0.635. The Balaban J connectivity index is 1.93. The average Bonchev–Trinajstić information content (AvgIpc) is 2.46. The van der Waals surface area contributed by atoms with Crippen LogP contribution in [0.25, 0.3) is 0 Å². The summed E-state index contributed by atoms with van der Waals surface area (Å²) in [5, 5.41) is 3.78. The van der Waals surface area contributed by atoms with Gasteiger partial charge in [0.15, 0.2) is 5.16 Å². The van der Waals surface area contributed by atoms with Crippen molar-refractivity contribution in [3.63, 3.8) is 0 Å². The van der Waals surface area contributed by atoms with Crippen molar-refractivity contribution in [1.29, 1.82) is 0 Å². The van der Waals surface area contributed by atoms with E-state index in [4.69, 9.17) is 0 Å². The lowest BCUT2D eigenvalue weighted by molar-refractivity contribution is 0.0862. The van der Waals surface area contributed by atoms with Crippen LogP contribution in [0.5, 0.6) is 0 Å². The first-order valence-corrected chi connectivity index (χ1v) is 9.03. The fraction of sp³-hybridized carbons (Fsp3) is 0.688. The van der Waals surface area contributed by atoms with Crippen LogP contribution in [-0.2, 0) is 0 Å². The summed E-state index contributed by atoms with van der Waals surface area (Å²) in [6.07, 6.45) is 7.65. The zero-order valence-corrected chi connectivity index (χ0v) is 14.7. The number of carbonyl (C=O) groups is 1. The Hall–Kier alpha value is -1.14. The van der Waals surface area contributed by atoms with Crippen molar-refractivity contribution in [3.8, 4) is 0 Å². The van der Waals surface area contributed by atoms with E-state index in [1.54, 1.807) is 12.4 Å². The van der Waals surface area contributed by atoms with Gasteiger partial charge in [-0.3, -0.25) is 4.79 Å². The Labute approximate surface area is 137 Å². The van der Waals surface area contributed by atoms with E-state index in [2.05, 4.69) is 41.0 Å². The van der Waals surface area contributed by atoms with Crippen LogP contribution in [0.15, 0.2) is 17.6 Å². The van der Waals surface area contributed by atoms with E-state index in [-0.39, 0.29) is 11.4 Å². The second-order valence-corrected chi connectivity index (χ2v) is 7.55. The molecule has 0 bridgehead atoms. The molecule has 1 fully saturated rings. The topological polar surface area (TPSA) is 58.1 Å². The van der Waals surface area contributed by atoms with Gasteiger partial charge < -0.3 is 10.2 Å². The highest BCUT2D eigenvalue weighted by molar-refractivity contribution is 7.98. The molecule has 0 radical (unpaired) electrons. The minimum absolute atomic E-state index is 0.109. The second-order valence-electron chi connectivity index (χ2n) is 6.78. The Morgan fingerprint density at radius 3 is 2.73 bits per heavy atom. The summed E-state index contributed by atoms with van der Waals surface area (Å²) in [4.78, 5) is 23.1. The summed E-state index contributed by atoms with van der Waals surface area (Å²) in [5.41, 5.74) is 0.240. The summed E-state index contributed by atoms with van der Waals surface area (Å²) in [6, 6.07) is 0. The SMILES string of the molecule is CSc1ncc(C(=O)NC(C)(C)CN2CCC[C@H](C)C2)cn1. The molecule has 5 nitrogen and oxygen atoms in total. The summed E-state index contributed by atoms with van der Waals surface area (Å²) < 4.78 is 0. The zero-order valence-electron chi connectivity index (χ0n) is 13.9. The van der Waals surface area contributed by atoms with Crippen molar-refractivity contribution in [2.75, 3.05) is 25.9 Å². The molecule has 1 amide bonds. The molecule has 22 heavy (non-hydrogen) atoms. The van der Waals surface area contributed by atoms with Gasteiger partial charge in [0.1, 0.15) is 0 Å². The van der Waals surface area contributed by atoms with E-state index in [9.17, 15) is 4.79 Å². The zero-order chi connectivity index (χ0) is 16.2. The minimum atomic E-state index is -0.272. The number of aromatic nitrogens is 2. The summed E-state index contributed by atoms with van der Waals surface area (Å²) in [6.45, 7) is 9.54. The van der Waals surface area contributed by atoms with Crippen LogP contribution >= 0.6 is 11.8 Å². The molecule has 1 saturated heterocycles. The van der Waals surface area contributed by atoms with Crippen molar-refractivity contribution < 1.29 is 4.79 Å². The number of nitrogens with zero attached hydrogens (tertiary/aromatic N) is 3. The van der Waals surface area contributed by atoms with Crippen LogP contribution < -0.4 is 5.32 Å². The molecule has 6 heteroatoms. The first-order valence-electron chi connectivity index (χ1n) is 7.80. The minimum Gasteiger partial charge on any atom is -0.346 e. The molecule has 2 rings (SSSR count). The van der Waals surface area contributed by atoms with Gasteiger partial charge in [0, 0.05) is 31.0 Å². The van der Waals surface area contributed by atoms with E-state index >= 15 is 0 Å². The van der Waals surface area contributed by atoms with Crippen LogP contribution in [0.2, 0.25) is 0 Å². The number of rotatable bonds is 5. The Morgan fingerprint density at radius 2 is 2.14 bits per heavy atom. The fourth-order valence-electron chi connectivity index (χ4n) is 2.95. The van der Waals surface area contributed by atoms with E-state index in [1.807, 2.05) is 6.26 Å². The summed E-state index contributed by atoms with van der Waals surface area (Å²) in [7, 11) is 0. The van der Waals surface area contributed by atoms with Gasteiger partial charge in [-0.1, -0.05) is 18.7 Å². The number of hydrogen-bond donors (Lipinski definition) is 1. The van der Waals surface area contributed by atoms with Crippen LogP contribution in [0.3, 0.4) is 0 Å². The smallest absolute Gasteiger partial charge is 0.254 e. The van der Waals surface area contributed by atoms with E-state index in [0.29, 0.717) is 10.7 Å². The van der Waals surface area contributed by atoms with Crippen molar-refractivity contribution in [2.24, 2.45) is 5.92 Å². The van der Waals surface area contributed by atoms with Crippen molar-refractivity contribution >= 4 is 17.7 Å².